The molecule has 0 spiro atoms. The van der Waals surface area contributed by atoms with Crippen LogP contribution in [0, 0.1) is 6.92 Å². The Bertz CT molecular complexity index is 824. The highest BCUT2D eigenvalue weighted by molar-refractivity contribution is 7.99. The van der Waals surface area contributed by atoms with Gasteiger partial charge in [0.2, 0.25) is 5.91 Å². The number of benzene rings is 1. The highest BCUT2D eigenvalue weighted by atomic mass is 32.2. The number of hydrogen-bond acceptors (Lipinski definition) is 5. The third-order valence-electron chi connectivity index (χ3n) is 3.37. The van der Waals surface area contributed by atoms with Crippen molar-refractivity contribution in [1.82, 2.24) is 19.9 Å². The molecule has 2 aromatic heterocycles. The summed E-state index contributed by atoms with van der Waals surface area (Å²) in [5.74, 6) is 0.353. The molecule has 0 saturated carbocycles. The molecule has 7 heteroatoms. The number of rotatable bonds is 6. The number of thioether (sulfide) groups is 1. The third-order valence-corrected chi connectivity index (χ3v) is 5.31. The summed E-state index contributed by atoms with van der Waals surface area (Å²) in [6.07, 6.45) is 0. The fourth-order valence-corrected chi connectivity index (χ4v) is 3.93. The molecule has 5 nitrogen and oxygen atoms in total. The number of carbonyl (C=O) groups is 1. The van der Waals surface area contributed by atoms with E-state index >= 15 is 0 Å². The Labute approximate surface area is 143 Å². The molecule has 23 heavy (non-hydrogen) atoms. The molecule has 0 aliphatic rings. The summed E-state index contributed by atoms with van der Waals surface area (Å²) < 4.78 is 2.14. The second-order valence-electron chi connectivity index (χ2n) is 5.08. The molecule has 0 saturated heterocycles. The molecule has 0 aliphatic heterocycles. The van der Waals surface area contributed by atoms with Crippen molar-refractivity contribution in [2.24, 2.45) is 0 Å². The molecule has 1 aromatic carbocycles. The van der Waals surface area contributed by atoms with Crippen molar-refractivity contribution in [2.75, 3.05) is 5.75 Å². The molecule has 0 unspecified atom stereocenters. The zero-order valence-corrected chi connectivity index (χ0v) is 14.7. The number of nitrogens with zero attached hydrogens (tertiary/aromatic N) is 3. The van der Waals surface area contributed by atoms with E-state index in [0.29, 0.717) is 12.3 Å². The Balaban J connectivity index is 1.60. The van der Waals surface area contributed by atoms with Crippen LogP contribution >= 0.6 is 23.1 Å². The van der Waals surface area contributed by atoms with E-state index in [1.165, 1.54) is 11.8 Å². The molecule has 0 radical (unpaired) electrons. The first kappa shape index (κ1) is 16.0. The largest absolute Gasteiger partial charge is 0.349 e. The van der Waals surface area contributed by atoms with Gasteiger partial charge < -0.3 is 9.88 Å². The maximum absolute atomic E-state index is 12.0. The van der Waals surface area contributed by atoms with Crippen molar-refractivity contribution in [3.63, 3.8) is 0 Å². The van der Waals surface area contributed by atoms with Crippen LogP contribution in [0.1, 0.15) is 17.6 Å². The number of fused-ring (bicyclic) bond motifs is 1. The van der Waals surface area contributed by atoms with E-state index in [2.05, 4.69) is 32.8 Å². The minimum atomic E-state index is -0.00226. The SMILES string of the molecule is CCn1c(SCC(=O)NCc2nc(C)cs2)nc2ccccc21. The lowest BCUT2D eigenvalue weighted by Crippen LogP contribution is -2.24. The maximum Gasteiger partial charge on any atom is 0.230 e. The van der Waals surface area contributed by atoms with Crippen LogP contribution in [-0.2, 0) is 17.9 Å². The molecule has 0 aliphatic carbocycles. The average molecular weight is 346 g/mol. The van der Waals surface area contributed by atoms with Crippen molar-refractivity contribution in [1.29, 1.82) is 0 Å². The Morgan fingerprint density at radius 1 is 1.35 bits per heavy atom. The van der Waals surface area contributed by atoms with Crippen LogP contribution in [0.5, 0.6) is 0 Å². The van der Waals surface area contributed by atoms with E-state index < -0.39 is 0 Å². The van der Waals surface area contributed by atoms with Crippen molar-refractivity contribution in [3.05, 3.63) is 40.3 Å². The summed E-state index contributed by atoms with van der Waals surface area (Å²) in [4.78, 5) is 21.0. The van der Waals surface area contributed by atoms with E-state index in [1.54, 1.807) is 11.3 Å². The molecule has 0 bridgehead atoms. The van der Waals surface area contributed by atoms with Gasteiger partial charge in [-0.25, -0.2) is 9.97 Å². The van der Waals surface area contributed by atoms with E-state index in [1.807, 2.05) is 30.5 Å². The summed E-state index contributed by atoms with van der Waals surface area (Å²) in [5.41, 5.74) is 3.07. The fraction of sp³-hybridized carbons (Fsp3) is 0.312. The van der Waals surface area contributed by atoms with Gasteiger partial charge in [-0.15, -0.1) is 11.3 Å². The van der Waals surface area contributed by atoms with Crippen molar-refractivity contribution in [3.8, 4) is 0 Å². The number of thiazole rings is 1. The van der Waals surface area contributed by atoms with Crippen molar-refractivity contribution in [2.45, 2.75) is 32.1 Å². The van der Waals surface area contributed by atoms with Gasteiger partial charge in [-0.3, -0.25) is 4.79 Å². The fourth-order valence-electron chi connectivity index (χ4n) is 2.31. The Morgan fingerprint density at radius 3 is 2.91 bits per heavy atom. The smallest absolute Gasteiger partial charge is 0.230 e. The van der Waals surface area contributed by atoms with Gasteiger partial charge in [0.15, 0.2) is 5.16 Å². The minimum absolute atomic E-state index is 0.00226. The molecule has 1 amide bonds. The van der Waals surface area contributed by atoms with Gasteiger partial charge in [0.1, 0.15) is 5.01 Å². The molecule has 2 heterocycles. The lowest BCUT2D eigenvalue weighted by Gasteiger charge is -2.06. The first-order valence-corrected chi connectivity index (χ1v) is 9.29. The summed E-state index contributed by atoms with van der Waals surface area (Å²) in [6.45, 7) is 5.36. The maximum atomic E-state index is 12.0. The van der Waals surface area contributed by atoms with Crippen LogP contribution in [0.15, 0.2) is 34.8 Å². The zero-order valence-electron chi connectivity index (χ0n) is 13.1. The third kappa shape index (κ3) is 3.73. The summed E-state index contributed by atoms with van der Waals surface area (Å²) >= 11 is 3.03. The van der Waals surface area contributed by atoms with E-state index in [9.17, 15) is 4.79 Å². The van der Waals surface area contributed by atoms with Crippen LogP contribution in [0.25, 0.3) is 11.0 Å². The van der Waals surface area contributed by atoms with Crippen LogP contribution in [0.3, 0.4) is 0 Å². The molecule has 0 fully saturated rings. The summed E-state index contributed by atoms with van der Waals surface area (Å²) in [6, 6.07) is 8.04. The Kier molecular flexibility index (Phi) is 4.97. The second kappa shape index (κ2) is 7.14. The van der Waals surface area contributed by atoms with Crippen molar-refractivity contribution >= 4 is 40.0 Å². The average Bonchev–Trinajstić information content (AvgIpc) is 3.13. The molecular weight excluding hydrogens is 328 g/mol. The first-order chi connectivity index (χ1) is 11.2. The van der Waals surface area contributed by atoms with Gasteiger partial charge >= 0.3 is 0 Å². The number of carbonyl (C=O) groups excluding carboxylic acids is 1. The highest BCUT2D eigenvalue weighted by Gasteiger charge is 2.12. The lowest BCUT2D eigenvalue weighted by atomic mass is 10.3. The summed E-state index contributed by atoms with van der Waals surface area (Å²) in [5, 5.41) is 6.71. The Morgan fingerprint density at radius 2 is 2.17 bits per heavy atom. The molecule has 3 rings (SSSR count). The van der Waals surface area contributed by atoms with E-state index in [-0.39, 0.29) is 5.91 Å². The number of imidazole rings is 1. The van der Waals surface area contributed by atoms with Gasteiger partial charge in [0, 0.05) is 17.6 Å². The Hall–Kier alpha value is -1.86. The molecular formula is C16H18N4OS2. The number of aromatic nitrogens is 3. The van der Waals surface area contributed by atoms with E-state index in [0.717, 1.165) is 33.4 Å². The first-order valence-electron chi connectivity index (χ1n) is 7.43. The number of aryl methyl sites for hydroxylation is 2. The number of amides is 1. The summed E-state index contributed by atoms with van der Waals surface area (Å²) in [7, 11) is 0. The predicted molar refractivity (Wildman–Crippen MR) is 94.8 cm³/mol. The number of hydrogen-bond donors (Lipinski definition) is 1. The number of nitrogens with one attached hydrogen (secondary N) is 1. The van der Waals surface area contributed by atoms with Gasteiger partial charge in [0.05, 0.1) is 23.3 Å². The van der Waals surface area contributed by atoms with Crippen LogP contribution < -0.4 is 5.32 Å². The molecule has 1 N–H and O–H groups in total. The van der Waals surface area contributed by atoms with Crippen molar-refractivity contribution < 1.29 is 4.79 Å². The lowest BCUT2D eigenvalue weighted by molar-refractivity contribution is -0.118. The highest BCUT2D eigenvalue weighted by Crippen LogP contribution is 2.23. The second-order valence-corrected chi connectivity index (χ2v) is 6.96. The quantitative estimate of drug-likeness (QED) is 0.696. The minimum Gasteiger partial charge on any atom is -0.349 e. The number of para-hydroxylation sites is 2. The standard InChI is InChI=1S/C16H18N4OS2/c1-3-20-13-7-5-4-6-12(13)19-16(20)23-10-14(21)17-8-15-18-11(2)9-22-15/h4-7,9H,3,8,10H2,1-2H3,(H,17,21). The van der Waals surface area contributed by atoms with E-state index in [4.69, 9.17) is 0 Å². The van der Waals surface area contributed by atoms with Gasteiger partial charge in [0.25, 0.3) is 0 Å². The van der Waals surface area contributed by atoms with Crippen LogP contribution in [0.2, 0.25) is 0 Å². The normalized spacial score (nSPS) is 11.0. The monoisotopic (exact) mass is 346 g/mol. The molecule has 120 valence electrons. The molecule has 3 aromatic rings. The van der Waals surface area contributed by atoms with Gasteiger partial charge in [-0.05, 0) is 26.0 Å². The van der Waals surface area contributed by atoms with Crippen LogP contribution in [0.4, 0.5) is 0 Å². The van der Waals surface area contributed by atoms with Crippen LogP contribution in [-0.4, -0.2) is 26.2 Å². The van der Waals surface area contributed by atoms with Gasteiger partial charge in [-0.2, -0.15) is 0 Å². The van der Waals surface area contributed by atoms with Gasteiger partial charge in [-0.1, -0.05) is 23.9 Å². The molecule has 0 atom stereocenters. The predicted octanol–water partition coefficient (Wildman–Crippen LogP) is 3.23. The zero-order chi connectivity index (χ0) is 16.2. The topological polar surface area (TPSA) is 59.8 Å².